The molecular formula is C72H120O24. The summed E-state index contributed by atoms with van der Waals surface area (Å²) in [5, 5.41) is 50.5. The van der Waals surface area contributed by atoms with Crippen molar-refractivity contribution in [3.63, 3.8) is 0 Å². The predicted molar refractivity (Wildman–Crippen MR) is 354 cm³/mol. The normalized spacial score (nSPS) is 17.0. The predicted octanol–water partition coefficient (Wildman–Crippen LogP) is 15.0. The highest BCUT2D eigenvalue weighted by molar-refractivity contribution is 5.73. The standard InChI is InChI=1S/6C12H20O4/c6*13-11(14)8-4-5-9-12(15)16-10-6-2-1-3-7-10/h6*10H,1-9H2,(H,13,14). The number of carboxylic acid groups (broad SMARTS) is 6. The summed E-state index contributed by atoms with van der Waals surface area (Å²) < 4.78 is 31.9. The molecule has 0 unspecified atom stereocenters. The van der Waals surface area contributed by atoms with Crippen LogP contribution in [-0.4, -0.2) is 139 Å². The molecule has 0 aromatic rings. The van der Waals surface area contributed by atoms with Gasteiger partial charge in [0.05, 0.1) is 0 Å². The minimum atomic E-state index is -0.805. The minimum absolute atomic E-state index is 0.112. The molecule has 0 aromatic carbocycles. The lowest BCUT2D eigenvalue weighted by Crippen LogP contribution is -2.20. The summed E-state index contributed by atoms with van der Waals surface area (Å²) in [5.41, 5.74) is 0. The van der Waals surface area contributed by atoms with Crippen LogP contribution >= 0.6 is 0 Å². The second-order valence-electron chi connectivity index (χ2n) is 26.1. The molecule has 0 aliphatic heterocycles. The molecule has 24 nitrogen and oxygen atoms in total. The van der Waals surface area contributed by atoms with E-state index in [4.69, 9.17) is 59.1 Å². The van der Waals surface area contributed by atoms with Crippen molar-refractivity contribution in [2.24, 2.45) is 0 Å². The van der Waals surface area contributed by atoms with Crippen LogP contribution in [0.15, 0.2) is 0 Å². The fourth-order valence-electron chi connectivity index (χ4n) is 11.8. The number of unbranched alkanes of at least 4 members (excludes halogenated alkanes) is 6. The molecule has 24 heteroatoms. The number of hydrogen-bond acceptors (Lipinski definition) is 18. The van der Waals surface area contributed by atoms with Gasteiger partial charge >= 0.3 is 71.6 Å². The fourth-order valence-corrected chi connectivity index (χ4v) is 11.8. The van der Waals surface area contributed by atoms with Crippen molar-refractivity contribution in [2.75, 3.05) is 0 Å². The molecule has 6 N–H and O–H groups in total. The Morgan fingerprint density at radius 1 is 0.177 bits per heavy atom. The van der Waals surface area contributed by atoms with Crippen molar-refractivity contribution >= 4 is 71.6 Å². The van der Waals surface area contributed by atoms with E-state index in [1.54, 1.807) is 0 Å². The molecule has 6 aliphatic carbocycles. The molecule has 0 spiro atoms. The highest BCUT2D eigenvalue weighted by Gasteiger charge is 2.23. The van der Waals surface area contributed by atoms with Crippen LogP contribution in [0.5, 0.6) is 0 Å². The summed E-state index contributed by atoms with van der Waals surface area (Å²) in [6, 6.07) is 0. The Morgan fingerprint density at radius 3 is 0.385 bits per heavy atom. The monoisotopic (exact) mass is 1370 g/mol. The Hall–Kier alpha value is -6.36. The van der Waals surface area contributed by atoms with Crippen LogP contribution in [0.3, 0.4) is 0 Å². The number of aliphatic carboxylic acids is 6. The number of esters is 6. The molecule has 96 heavy (non-hydrogen) atoms. The maximum atomic E-state index is 11.4. The van der Waals surface area contributed by atoms with Gasteiger partial charge in [-0.15, -0.1) is 0 Å². The fraction of sp³-hybridized carbons (Fsp3) is 0.833. The van der Waals surface area contributed by atoms with Crippen LogP contribution in [-0.2, 0) is 86.0 Å². The number of hydrogen-bond donors (Lipinski definition) is 6. The molecule has 6 aliphatic rings. The average Bonchev–Trinajstić information content (AvgIpc) is 3.37. The van der Waals surface area contributed by atoms with E-state index in [2.05, 4.69) is 0 Å². The summed E-state index contributed by atoms with van der Waals surface area (Å²) in [6.07, 6.45) is 43.6. The quantitative estimate of drug-likeness (QED) is 0.0193. The molecule has 0 heterocycles. The van der Waals surface area contributed by atoms with E-state index in [-0.39, 0.29) is 111 Å². The van der Waals surface area contributed by atoms with Gasteiger partial charge in [0, 0.05) is 77.0 Å². The Morgan fingerprint density at radius 2 is 0.281 bits per heavy atom. The summed E-state index contributed by atoms with van der Waals surface area (Å²) in [6.45, 7) is 0. The van der Waals surface area contributed by atoms with E-state index < -0.39 is 35.8 Å². The number of carbonyl (C=O) groups excluding carboxylic acids is 6. The van der Waals surface area contributed by atoms with Crippen LogP contribution in [0.4, 0.5) is 0 Å². The number of rotatable bonds is 36. The van der Waals surface area contributed by atoms with Gasteiger partial charge in [0.2, 0.25) is 0 Å². The molecule has 0 atom stereocenters. The first-order valence-electron chi connectivity index (χ1n) is 36.6. The first-order chi connectivity index (χ1) is 46.1. The molecule has 6 saturated carbocycles. The maximum Gasteiger partial charge on any atom is 0.306 e. The van der Waals surface area contributed by atoms with Crippen molar-refractivity contribution < 1.29 is 117 Å². The topological polar surface area (TPSA) is 382 Å². The van der Waals surface area contributed by atoms with Crippen LogP contribution in [0.25, 0.3) is 0 Å². The van der Waals surface area contributed by atoms with Crippen molar-refractivity contribution in [3.8, 4) is 0 Å². The SMILES string of the molecule is O=C(O)CCCCC(=O)OC1CCCCC1.O=C(O)CCCCC(=O)OC1CCCCC1.O=C(O)CCCCC(=O)OC1CCCCC1.O=C(O)CCCCC(=O)OC1CCCCC1.O=C(O)CCCCC(=O)OC1CCCCC1.O=C(O)CCCCC(=O)OC1CCCCC1. The summed E-state index contributed by atoms with van der Waals surface area (Å²) in [5.74, 6) is -5.84. The third-order valence-electron chi connectivity index (χ3n) is 17.2. The zero-order valence-corrected chi connectivity index (χ0v) is 57.7. The minimum Gasteiger partial charge on any atom is -0.481 e. The summed E-state index contributed by atoms with van der Waals surface area (Å²) >= 11 is 0. The van der Waals surface area contributed by atoms with E-state index in [1.165, 1.54) is 38.5 Å². The molecule has 0 radical (unpaired) electrons. The van der Waals surface area contributed by atoms with Gasteiger partial charge in [-0.2, -0.15) is 0 Å². The van der Waals surface area contributed by atoms with Crippen molar-refractivity contribution in [1.82, 2.24) is 0 Å². The van der Waals surface area contributed by atoms with Gasteiger partial charge in [0.1, 0.15) is 36.6 Å². The zero-order valence-electron chi connectivity index (χ0n) is 57.7. The molecule has 0 saturated heterocycles. The van der Waals surface area contributed by atoms with Gasteiger partial charge < -0.3 is 59.1 Å². The van der Waals surface area contributed by atoms with Gasteiger partial charge in [0.15, 0.2) is 0 Å². The molecule has 552 valence electrons. The molecule has 0 bridgehead atoms. The molecule has 6 rings (SSSR count). The number of ether oxygens (including phenoxy) is 6. The second-order valence-corrected chi connectivity index (χ2v) is 26.1. The summed E-state index contributed by atoms with van der Waals surface area (Å²) in [4.78, 5) is 130. The smallest absolute Gasteiger partial charge is 0.306 e. The van der Waals surface area contributed by atoms with Crippen molar-refractivity contribution in [1.29, 1.82) is 0 Å². The van der Waals surface area contributed by atoms with Crippen LogP contribution < -0.4 is 0 Å². The van der Waals surface area contributed by atoms with E-state index in [0.717, 1.165) is 154 Å². The van der Waals surface area contributed by atoms with Gasteiger partial charge in [-0.3, -0.25) is 57.5 Å². The van der Waals surface area contributed by atoms with E-state index in [0.29, 0.717) is 116 Å². The zero-order chi connectivity index (χ0) is 70.8. The lowest BCUT2D eigenvalue weighted by atomic mass is 9.98. The first-order valence-corrected chi connectivity index (χ1v) is 36.6. The van der Waals surface area contributed by atoms with E-state index in [9.17, 15) is 57.5 Å². The molecule has 0 aromatic heterocycles. The van der Waals surface area contributed by atoms with Crippen LogP contribution in [0.1, 0.15) is 347 Å². The van der Waals surface area contributed by atoms with Gasteiger partial charge in [-0.05, 0) is 231 Å². The first kappa shape index (κ1) is 87.7. The van der Waals surface area contributed by atoms with Gasteiger partial charge in [-0.25, -0.2) is 0 Å². The van der Waals surface area contributed by atoms with Crippen molar-refractivity contribution in [3.05, 3.63) is 0 Å². The van der Waals surface area contributed by atoms with Gasteiger partial charge in [0.25, 0.3) is 0 Å². The van der Waals surface area contributed by atoms with E-state index >= 15 is 0 Å². The Balaban J connectivity index is 0.000000576. The second kappa shape index (κ2) is 58.8. The molecule has 6 fully saturated rings. The van der Waals surface area contributed by atoms with E-state index in [1.807, 2.05) is 0 Å². The maximum absolute atomic E-state index is 11.4. The number of carboxylic acids is 6. The molecular weight excluding hydrogens is 1250 g/mol. The average molecular weight is 1370 g/mol. The molecule has 0 amide bonds. The third kappa shape index (κ3) is 56.8. The largest absolute Gasteiger partial charge is 0.481 e. The van der Waals surface area contributed by atoms with Gasteiger partial charge in [-0.1, -0.05) is 38.5 Å². The van der Waals surface area contributed by atoms with Crippen LogP contribution in [0.2, 0.25) is 0 Å². The third-order valence-corrected chi connectivity index (χ3v) is 17.2. The van der Waals surface area contributed by atoms with Crippen molar-refractivity contribution in [2.45, 2.75) is 383 Å². The highest BCUT2D eigenvalue weighted by atomic mass is 16.6. The number of carbonyl (C=O) groups is 12. The Kier molecular flexibility index (Phi) is 53.7. The lowest BCUT2D eigenvalue weighted by molar-refractivity contribution is -0.151. The summed E-state index contributed by atoms with van der Waals surface area (Å²) in [7, 11) is 0. The lowest BCUT2D eigenvalue weighted by Gasteiger charge is -2.21. The Labute approximate surface area is 569 Å². The highest BCUT2D eigenvalue weighted by Crippen LogP contribution is 2.26. The Bertz CT molecular complexity index is 1770. The van der Waals surface area contributed by atoms with Crippen LogP contribution in [0, 0.1) is 0 Å².